The van der Waals surface area contributed by atoms with Crippen molar-refractivity contribution < 1.29 is 4.79 Å². The molecule has 0 spiro atoms. The second-order valence-corrected chi connectivity index (χ2v) is 5.05. The van der Waals surface area contributed by atoms with Crippen molar-refractivity contribution in [1.29, 1.82) is 0 Å². The zero-order chi connectivity index (χ0) is 13.7. The molecule has 1 unspecified atom stereocenters. The monoisotopic (exact) mass is 275 g/mol. The van der Waals surface area contributed by atoms with Crippen LogP contribution in [-0.2, 0) is 4.79 Å². The third kappa shape index (κ3) is 3.92. The molecular formula is C12H13N5OS. The highest BCUT2D eigenvalue weighted by atomic mass is 32.2. The number of para-hydroxylation sites is 1. The second-order valence-electron chi connectivity index (χ2n) is 3.74. The Balaban J connectivity index is 1.96. The molecule has 0 saturated heterocycles. The lowest BCUT2D eigenvalue weighted by Gasteiger charge is -2.10. The van der Waals surface area contributed by atoms with Crippen LogP contribution in [0.3, 0.4) is 0 Å². The molecule has 0 aliphatic rings. The number of hydrogen-bond acceptors (Lipinski definition) is 6. The maximum atomic E-state index is 12.0. The molecule has 6 nitrogen and oxygen atoms in total. The summed E-state index contributed by atoms with van der Waals surface area (Å²) in [7, 11) is 0. The standard InChI is InChI=1S/C12H13N5OS/c1-8(19-12-15-7-14-11(13)17-12)10(18)16-9-5-3-2-4-6-9/h2-8H,1H3,(H,16,18)(H2,13,14,15,17). The van der Waals surface area contributed by atoms with Gasteiger partial charge in [0.2, 0.25) is 11.9 Å². The van der Waals surface area contributed by atoms with E-state index in [4.69, 9.17) is 5.73 Å². The van der Waals surface area contributed by atoms with Crippen LogP contribution in [0.2, 0.25) is 0 Å². The van der Waals surface area contributed by atoms with Gasteiger partial charge in [0.15, 0.2) is 5.16 Å². The Kier molecular flexibility index (Phi) is 4.30. The number of rotatable bonds is 4. The number of hydrogen-bond donors (Lipinski definition) is 2. The van der Waals surface area contributed by atoms with Gasteiger partial charge >= 0.3 is 0 Å². The fourth-order valence-electron chi connectivity index (χ4n) is 1.33. The Morgan fingerprint density at radius 3 is 2.74 bits per heavy atom. The lowest BCUT2D eigenvalue weighted by atomic mass is 10.3. The summed E-state index contributed by atoms with van der Waals surface area (Å²) in [4.78, 5) is 23.6. The molecule has 3 N–H and O–H groups in total. The molecule has 1 aromatic heterocycles. The van der Waals surface area contributed by atoms with Gasteiger partial charge in [0.25, 0.3) is 0 Å². The SMILES string of the molecule is CC(Sc1ncnc(N)n1)C(=O)Nc1ccccc1. The number of anilines is 2. The second kappa shape index (κ2) is 6.14. The van der Waals surface area contributed by atoms with E-state index in [0.717, 1.165) is 5.69 Å². The molecule has 0 fully saturated rings. The third-order valence-corrected chi connectivity index (χ3v) is 3.24. The van der Waals surface area contributed by atoms with E-state index in [2.05, 4.69) is 20.3 Å². The summed E-state index contributed by atoms with van der Waals surface area (Å²) in [5.41, 5.74) is 6.22. The molecule has 1 amide bonds. The number of thioether (sulfide) groups is 1. The number of carbonyl (C=O) groups excluding carboxylic acids is 1. The minimum absolute atomic E-state index is 0.116. The topological polar surface area (TPSA) is 93.8 Å². The Labute approximate surface area is 114 Å². The number of nitrogens with two attached hydrogens (primary N) is 1. The predicted molar refractivity (Wildman–Crippen MR) is 74.6 cm³/mol. The van der Waals surface area contributed by atoms with E-state index in [-0.39, 0.29) is 17.1 Å². The van der Waals surface area contributed by atoms with Crippen LogP contribution >= 0.6 is 11.8 Å². The van der Waals surface area contributed by atoms with Crippen LogP contribution in [-0.4, -0.2) is 26.1 Å². The quantitative estimate of drug-likeness (QED) is 0.823. The van der Waals surface area contributed by atoms with Gasteiger partial charge in [-0.15, -0.1) is 0 Å². The van der Waals surface area contributed by atoms with E-state index in [9.17, 15) is 4.79 Å². The van der Waals surface area contributed by atoms with Crippen molar-refractivity contribution in [2.75, 3.05) is 11.1 Å². The molecule has 1 aromatic carbocycles. The Morgan fingerprint density at radius 2 is 2.05 bits per heavy atom. The van der Waals surface area contributed by atoms with Crippen LogP contribution in [0.15, 0.2) is 41.8 Å². The number of nitrogens with zero attached hydrogens (tertiary/aromatic N) is 3. The van der Waals surface area contributed by atoms with E-state index in [1.54, 1.807) is 6.92 Å². The molecule has 1 atom stereocenters. The first-order chi connectivity index (χ1) is 9.15. The highest BCUT2D eigenvalue weighted by Gasteiger charge is 2.16. The first-order valence-electron chi connectivity index (χ1n) is 5.62. The summed E-state index contributed by atoms with van der Waals surface area (Å²) in [6.07, 6.45) is 1.33. The molecule has 98 valence electrons. The molecule has 2 rings (SSSR count). The van der Waals surface area contributed by atoms with E-state index >= 15 is 0 Å². The molecule has 2 aromatic rings. The van der Waals surface area contributed by atoms with Gasteiger partial charge in [0.05, 0.1) is 5.25 Å². The zero-order valence-electron chi connectivity index (χ0n) is 10.3. The number of amides is 1. The van der Waals surface area contributed by atoms with Crippen molar-refractivity contribution >= 4 is 29.3 Å². The summed E-state index contributed by atoms with van der Waals surface area (Å²) < 4.78 is 0. The zero-order valence-corrected chi connectivity index (χ0v) is 11.1. The summed E-state index contributed by atoms with van der Waals surface area (Å²) >= 11 is 1.23. The van der Waals surface area contributed by atoms with Crippen molar-refractivity contribution in [3.05, 3.63) is 36.7 Å². The highest BCUT2D eigenvalue weighted by molar-refractivity contribution is 8.00. The fourth-order valence-corrected chi connectivity index (χ4v) is 2.06. The molecule has 0 aliphatic heterocycles. The number of nitrogens with one attached hydrogen (secondary N) is 1. The van der Waals surface area contributed by atoms with Crippen LogP contribution in [0.25, 0.3) is 0 Å². The average Bonchev–Trinajstić information content (AvgIpc) is 2.40. The van der Waals surface area contributed by atoms with Crippen molar-refractivity contribution in [2.45, 2.75) is 17.3 Å². The minimum Gasteiger partial charge on any atom is -0.368 e. The minimum atomic E-state index is -0.331. The van der Waals surface area contributed by atoms with E-state index < -0.39 is 0 Å². The molecule has 0 saturated carbocycles. The summed E-state index contributed by atoms with van der Waals surface area (Å²) in [5.74, 6) is 0.0309. The summed E-state index contributed by atoms with van der Waals surface area (Å²) in [6.45, 7) is 1.78. The van der Waals surface area contributed by atoms with Gasteiger partial charge in [-0.05, 0) is 19.1 Å². The lowest BCUT2D eigenvalue weighted by molar-refractivity contribution is -0.115. The van der Waals surface area contributed by atoms with Crippen molar-refractivity contribution in [3.63, 3.8) is 0 Å². The Bertz CT molecular complexity index is 563. The first kappa shape index (κ1) is 13.3. The Morgan fingerprint density at radius 1 is 1.32 bits per heavy atom. The van der Waals surface area contributed by atoms with Gasteiger partial charge in [-0.3, -0.25) is 4.79 Å². The molecule has 0 radical (unpaired) electrons. The Hall–Kier alpha value is -2.15. The average molecular weight is 275 g/mol. The van der Waals surface area contributed by atoms with Gasteiger partial charge in [-0.2, -0.15) is 4.98 Å². The van der Waals surface area contributed by atoms with Crippen molar-refractivity contribution in [3.8, 4) is 0 Å². The maximum Gasteiger partial charge on any atom is 0.237 e. The van der Waals surface area contributed by atoms with E-state index in [0.29, 0.717) is 5.16 Å². The van der Waals surface area contributed by atoms with Crippen LogP contribution < -0.4 is 11.1 Å². The molecule has 19 heavy (non-hydrogen) atoms. The van der Waals surface area contributed by atoms with Gasteiger partial charge in [0.1, 0.15) is 6.33 Å². The normalized spacial score (nSPS) is 11.8. The smallest absolute Gasteiger partial charge is 0.237 e. The molecule has 7 heteroatoms. The summed E-state index contributed by atoms with van der Waals surface area (Å²) in [6, 6.07) is 9.27. The van der Waals surface area contributed by atoms with Crippen LogP contribution in [0, 0.1) is 0 Å². The van der Waals surface area contributed by atoms with Crippen molar-refractivity contribution in [1.82, 2.24) is 15.0 Å². The fraction of sp³-hybridized carbons (Fsp3) is 0.167. The van der Waals surface area contributed by atoms with Crippen LogP contribution in [0.5, 0.6) is 0 Å². The van der Waals surface area contributed by atoms with E-state index in [1.165, 1.54) is 18.1 Å². The first-order valence-corrected chi connectivity index (χ1v) is 6.50. The van der Waals surface area contributed by atoms with Gasteiger partial charge in [-0.25, -0.2) is 9.97 Å². The highest BCUT2D eigenvalue weighted by Crippen LogP contribution is 2.20. The number of nitrogen functional groups attached to an aromatic ring is 1. The molecule has 1 heterocycles. The molecule has 0 aliphatic carbocycles. The van der Waals surface area contributed by atoms with Crippen LogP contribution in [0.1, 0.15) is 6.92 Å². The van der Waals surface area contributed by atoms with Crippen LogP contribution in [0.4, 0.5) is 11.6 Å². The number of carbonyl (C=O) groups is 1. The lowest BCUT2D eigenvalue weighted by Crippen LogP contribution is -2.22. The summed E-state index contributed by atoms with van der Waals surface area (Å²) in [5, 5.41) is 2.92. The van der Waals surface area contributed by atoms with Gasteiger partial charge in [-0.1, -0.05) is 30.0 Å². The van der Waals surface area contributed by atoms with Gasteiger partial charge < -0.3 is 11.1 Å². The third-order valence-electron chi connectivity index (χ3n) is 2.26. The van der Waals surface area contributed by atoms with Gasteiger partial charge in [0, 0.05) is 5.69 Å². The van der Waals surface area contributed by atoms with E-state index in [1.807, 2.05) is 30.3 Å². The number of aromatic nitrogens is 3. The largest absolute Gasteiger partial charge is 0.368 e. The number of benzene rings is 1. The predicted octanol–water partition coefficient (Wildman–Crippen LogP) is 1.57. The van der Waals surface area contributed by atoms with Crippen molar-refractivity contribution in [2.24, 2.45) is 0 Å². The molecule has 0 bridgehead atoms. The molecular weight excluding hydrogens is 262 g/mol. The maximum absolute atomic E-state index is 12.0.